The lowest BCUT2D eigenvalue weighted by atomic mass is 9.69. The van der Waals surface area contributed by atoms with Gasteiger partial charge in [0.05, 0.1) is 22.8 Å². The summed E-state index contributed by atoms with van der Waals surface area (Å²) in [6, 6.07) is 5.88. The van der Waals surface area contributed by atoms with Crippen LogP contribution in [0.25, 0.3) is 11.0 Å². The molecular weight excluding hydrogens is 240 g/mol. The van der Waals surface area contributed by atoms with Gasteiger partial charge in [-0.25, -0.2) is 4.98 Å². The largest absolute Gasteiger partial charge is 0.481 e. The molecule has 0 unspecified atom stereocenters. The number of aliphatic carboxylic acids is 1. The molecule has 4 heteroatoms. The first-order valence-corrected chi connectivity index (χ1v) is 6.78. The minimum atomic E-state index is -0.698. The molecular formula is C15H18N2O2. The fourth-order valence-corrected chi connectivity index (χ4v) is 3.21. The van der Waals surface area contributed by atoms with Crippen LogP contribution in [0.1, 0.15) is 37.7 Å². The molecule has 1 N–H and O–H groups in total. The number of rotatable bonds is 2. The molecule has 0 aliphatic heterocycles. The van der Waals surface area contributed by atoms with Gasteiger partial charge in [0.25, 0.3) is 0 Å². The lowest BCUT2D eigenvalue weighted by molar-refractivity contribution is -0.145. The summed E-state index contributed by atoms with van der Waals surface area (Å²) in [5, 5.41) is 9.71. The van der Waals surface area contributed by atoms with E-state index >= 15 is 0 Å². The summed E-state index contributed by atoms with van der Waals surface area (Å²) in [4.78, 5) is 16.1. The number of carboxylic acids is 1. The number of aromatic nitrogens is 2. The standard InChI is InChI=1S/C15H18N2O2/c1-17-10-16-12-6-5-11(9-13(12)17)15(14(18)19)7-3-2-4-8-15/h5-6,9-10H,2-4,7-8H2,1H3,(H,18,19). The molecule has 0 spiro atoms. The molecule has 1 aliphatic carbocycles. The quantitative estimate of drug-likeness (QED) is 0.901. The van der Waals surface area contributed by atoms with Crippen molar-refractivity contribution in [2.24, 2.45) is 7.05 Å². The van der Waals surface area contributed by atoms with Crippen molar-refractivity contribution < 1.29 is 9.90 Å². The van der Waals surface area contributed by atoms with Crippen molar-refractivity contribution >= 4 is 17.0 Å². The fourth-order valence-electron chi connectivity index (χ4n) is 3.21. The third-order valence-electron chi connectivity index (χ3n) is 4.39. The van der Waals surface area contributed by atoms with E-state index in [1.807, 2.05) is 29.8 Å². The smallest absolute Gasteiger partial charge is 0.314 e. The van der Waals surface area contributed by atoms with Gasteiger partial charge in [0.15, 0.2) is 0 Å². The van der Waals surface area contributed by atoms with Crippen molar-refractivity contribution in [3.63, 3.8) is 0 Å². The molecule has 0 saturated heterocycles. The number of aryl methyl sites for hydroxylation is 1. The third-order valence-corrected chi connectivity index (χ3v) is 4.39. The van der Waals surface area contributed by atoms with E-state index < -0.39 is 11.4 Å². The molecule has 3 rings (SSSR count). The normalized spacial score (nSPS) is 18.6. The maximum atomic E-state index is 11.8. The first-order chi connectivity index (χ1) is 9.13. The first-order valence-electron chi connectivity index (χ1n) is 6.78. The molecule has 0 bridgehead atoms. The summed E-state index contributed by atoms with van der Waals surface area (Å²) in [5.41, 5.74) is 2.15. The first kappa shape index (κ1) is 12.2. The number of hydrogen-bond donors (Lipinski definition) is 1. The zero-order valence-corrected chi connectivity index (χ0v) is 11.1. The van der Waals surface area contributed by atoms with Gasteiger partial charge in [0.1, 0.15) is 0 Å². The number of carbonyl (C=O) groups is 1. The SMILES string of the molecule is Cn1cnc2ccc(C3(C(=O)O)CCCCC3)cc21. The Kier molecular flexibility index (Phi) is 2.81. The second-order valence-electron chi connectivity index (χ2n) is 5.51. The highest BCUT2D eigenvalue weighted by atomic mass is 16.4. The van der Waals surface area contributed by atoms with Crippen molar-refractivity contribution in [3.05, 3.63) is 30.1 Å². The maximum Gasteiger partial charge on any atom is 0.314 e. The Hall–Kier alpha value is -1.84. The van der Waals surface area contributed by atoms with Crippen LogP contribution < -0.4 is 0 Å². The summed E-state index contributed by atoms with van der Waals surface area (Å²) >= 11 is 0. The Morgan fingerprint density at radius 2 is 2.05 bits per heavy atom. The number of carboxylic acid groups (broad SMARTS) is 1. The van der Waals surface area contributed by atoms with Crippen LogP contribution in [0.3, 0.4) is 0 Å². The average molecular weight is 258 g/mol. The van der Waals surface area contributed by atoms with Crippen LogP contribution in [-0.2, 0) is 17.3 Å². The fraction of sp³-hybridized carbons (Fsp3) is 0.467. The van der Waals surface area contributed by atoms with E-state index in [-0.39, 0.29) is 0 Å². The molecule has 0 amide bonds. The van der Waals surface area contributed by atoms with Gasteiger partial charge in [0, 0.05) is 7.05 Å². The third kappa shape index (κ3) is 1.82. The number of nitrogens with zero attached hydrogens (tertiary/aromatic N) is 2. The van der Waals surface area contributed by atoms with Crippen LogP contribution in [-0.4, -0.2) is 20.6 Å². The van der Waals surface area contributed by atoms with Crippen molar-refractivity contribution in [1.29, 1.82) is 0 Å². The van der Waals surface area contributed by atoms with Crippen LogP contribution in [0.2, 0.25) is 0 Å². The van der Waals surface area contributed by atoms with Crippen molar-refractivity contribution in [2.45, 2.75) is 37.5 Å². The molecule has 0 atom stereocenters. The molecule has 1 aromatic heterocycles. The van der Waals surface area contributed by atoms with E-state index in [0.717, 1.165) is 48.7 Å². The highest BCUT2D eigenvalue weighted by Gasteiger charge is 2.41. The molecule has 1 aliphatic rings. The van der Waals surface area contributed by atoms with E-state index in [4.69, 9.17) is 0 Å². The Labute approximate surface area is 112 Å². The lowest BCUT2D eigenvalue weighted by Gasteiger charge is -2.33. The summed E-state index contributed by atoms with van der Waals surface area (Å²) in [5.74, 6) is -0.686. The monoisotopic (exact) mass is 258 g/mol. The number of fused-ring (bicyclic) bond motifs is 1. The number of imidazole rings is 1. The summed E-state index contributed by atoms with van der Waals surface area (Å²) in [6.07, 6.45) is 6.38. The van der Waals surface area contributed by atoms with Crippen molar-refractivity contribution in [1.82, 2.24) is 9.55 Å². The topological polar surface area (TPSA) is 55.1 Å². The Balaban J connectivity index is 2.14. The molecule has 1 aromatic carbocycles. The lowest BCUT2D eigenvalue weighted by Crippen LogP contribution is -2.37. The Bertz CT molecular complexity index is 624. The van der Waals surface area contributed by atoms with Gasteiger partial charge < -0.3 is 9.67 Å². The van der Waals surface area contributed by atoms with Crippen LogP contribution in [0.15, 0.2) is 24.5 Å². The minimum absolute atomic E-state index is 0.686. The van der Waals surface area contributed by atoms with Gasteiger partial charge in [-0.2, -0.15) is 0 Å². The van der Waals surface area contributed by atoms with Gasteiger partial charge in [-0.3, -0.25) is 4.79 Å². The van der Waals surface area contributed by atoms with Crippen LogP contribution in [0.5, 0.6) is 0 Å². The Morgan fingerprint density at radius 3 is 2.74 bits per heavy atom. The highest BCUT2D eigenvalue weighted by Crippen LogP contribution is 2.40. The van der Waals surface area contributed by atoms with E-state index in [0.29, 0.717) is 0 Å². The van der Waals surface area contributed by atoms with Crippen LogP contribution in [0, 0.1) is 0 Å². The second kappa shape index (κ2) is 4.37. The molecule has 1 saturated carbocycles. The minimum Gasteiger partial charge on any atom is -0.481 e. The molecule has 19 heavy (non-hydrogen) atoms. The van der Waals surface area contributed by atoms with Gasteiger partial charge in [0.2, 0.25) is 0 Å². The van der Waals surface area contributed by atoms with E-state index in [9.17, 15) is 9.90 Å². The zero-order valence-electron chi connectivity index (χ0n) is 11.1. The molecule has 2 aromatic rings. The maximum absolute atomic E-state index is 11.8. The molecule has 0 radical (unpaired) electrons. The molecule has 4 nitrogen and oxygen atoms in total. The summed E-state index contributed by atoms with van der Waals surface area (Å²) < 4.78 is 1.94. The van der Waals surface area contributed by atoms with E-state index in [2.05, 4.69) is 4.98 Å². The second-order valence-corrected chi connectivity index (χ2v) is 5.51. The molecule has 1 heterocycles. The van der Waals surface area contributed by atoms with Crippen LogP contribution >= 0.6 is 0 Å². The summed E-state index contributed by atoms with van der Waals surface area (Å²) in [7, 11) is 1.94. The molecule has 1 fully saturated rings. The predicted octanol–water partition coefficient (Wildman–Crippen LogP) is 2.86. The van der Waals surface area contributed by atoms with E-state index in [1.54, 1.807) is 6.33 Å². The van der Waals surface area contributed by atoms with Crippen LogP contribution in [0.4, 0.5) is 0 Å². The molecule has 100 valence electrons. The average Bonchev–Trinajstić information content (AvgIpc) is 2.80. The van der Waals surface area contributed by atoms with Gasteiger partial charge in [-0.1, -0.05) is 25.3 Å². The number of hydrogen-bond acceptors (Lipinski definition) is 2. The van der Waals surface area contributed by atoms with Gasteiger partial charge in [-0.15, -0.1) is 0 Å². The summed E-state index contributed by atoms with van der Waals surface area (Å²) in [6.45, 7) is 0. The van der Waals surface area contributed by atoms with E-state index in [1.165, 1.54) is 0 Å². The highest BCUT2D eigenvalue weighted by molar-refractivity contribution is 5.84. The van der Waals surface area contributed by atoms with Gasteiger partial charge in [-0.05, 0) is 30.5 Å². The van der Waals surface area contributed by atoms with Crippen molar-refractivity contribution in [3.8, 4) is 0 Å². The zero-order chi connectivity index (χ0) is 13.5. The van der Waals surface area contributed by atoms with Gasteiger partial charge >= 0.3 is 5.97 Å². The van der Waals surface area contributed by atoms with Crippen molar-refractivity contribution in [2.75, 3.05) is 0 Å². The predicted molar refractivity (Wildman–Crippen MR) is 73.1 cm³/mol. The number of benzene rings is 1. The Morgan fingerprint density at radius 1 is 1.32 bits per heavy atom.